The van der Waals surface area contributed by atoms with E-state index < -0.39 is 11.5 Å². The molecule has 0 amide bonds. The highest BCUT2D eigenvalue weighted by atomic mass is 16.4. The zero-order chi connectivity index (χ0) is 13.8. The Labute approximate surface area is 111 Å². The lowest BCUT2D eigenvalue weighted by molar-refractivity contribution is -0.144. The third-order valence-corrected chi connectivity index (χ3v) is 4.03. The molecule has 2 atom stereocenters. The predicted molar refractivity (Wildman–Crippen MR) is 73.8 cm³/mol. The van der Waals surface area contributed by atoms with Gasteiger partial charge in [0.15, 0.2) is 0 Å². The minimum atomic E-state index is -0.694. The number of nitrogens with zero attached hydrogens (tertiary/aromatic N) is 1. The molecule has 0 bridgehead atoms. The highest BCUT2D eigenvalue weighted by Crippen LogP contribution is 2.34. The van der Waals surface area contributed by atoms with E-state index in [1.165, 1.54) is 0 Å². The quantitative estimate of drug-likeness (QED) is 0.732. The molecule has 2 N–H and O–H groups in total. The molecule has 0 aromatic heterocycles. The molecule has 4 nitrogen and oxygen atoms in total. The van der Waals surface area contributed by atoms with E-state index in [1.54, 1.807) is 0 Å². The number of carbonyl (C=O) groups is 1. The smallest absolute Gasteiger partial charge is 0.323 e. The van der Waals surface area contributed by atoms with Crippen LogP contribution in [0.25, 0.3) is 0 Å². The highest BCUT2D eigenvalue weighted by molar-refractivity contribution is 5.79. The molecule has 0 aromatic rings. The first-order chi connectivity index (χ1) is 8.46. The Morgan fingerprint density at radius 3 is 2.61 bits per heavy atom. The Hall–Kier alpha value is -0.610. The van der Waals surface area contributed by atoms with Crippen molar-refractivity contribution in [2.45, 2.75) is 71.0 Å². The van der Waals surface area contributed by atoms with Gasteiger partial charge in [0.1, 0.15) is 5.54 Å². The topological polar surface area (TPSA) is 52.6 Å². The minimum absolute atomic E-state index is 0.403. The molecule has 1 aliphatic carbocycles. The van der Waals surface area contributed by atoms with Gasteiger partial charge in [-0.25, -0.2) is 0 Å². The fourth-order valence-electron chi connectivity index (χ4n) is 3.19. The van der Waals surface area contributed by atoms with Crippen molar-refractivity contribution in [2.24, 2.45) is 0 Å². The summed E-state index contributed by atoms with van der Waals surface area (Å²) in [6.07, 6.45) is 3.58. The van der Waals surface area contributed by atoms with Crippen LogP contribution in [0.2, 0.25) is 0 Å². The second-order valence-corrected chi connectivity index (χ2v) is 5.65. The molecule has 18 heavy (non-hydrogen) atoms. The third-order valence-electron chi connectivity index (χ3n) is 4.03. The average molecular weight is 256 g/mol. The van der Waals surface area contributed by atoms with Gasteiger partial charge in [0.25, 0.3) is 0 Å². The van der Waals surface area contributed by atoms with E-state index in [4.69, 9.17) is 0 Å². The number of aliphatic carboxylic acids is 1. The zero-order valence-electron chi connectivity index (χ0n) is 12.2. The van der Waals surface area contributed by atoms with Crippen LogP contribution in [0.15, 0.2) is 0 Å². The second-order valence-electron chi connectivity index (χ2n) is 5.65. The number of carboxylic acid groups (broad SMARTS) is 1. The van der Waals surface area contributed by atoms with E-state index in [0.29, 0.717) is 18.6 Å². The summed E-state index contributed by atoms with van der Waals surface area (Å²) in [5, 5.41) is 12.7. The summed E-state index contributed by atoms with van der Waals surface area (Å²) >= 11 is 0. The van der Waals surface area contributed by atoms with Crippen molar-refractivity contribution in [1.82, 2.24) is 10.2 Å². The number of hydrogen-bond acceptors (Lipinski definition) is 3. The Bertz CT molecular complexity index is 281. The van der Waals surface area contributed by atoms with Gasteiger partial charge in [0.2, 0.25) is 0 Å². The van der Waals surface area contributed by atoms with Crippen LogP contribution in [0.5, 0.6) is 0 Å². The number of rotatable bonds is 7. The molecule has 106 valence electrons. The maximum absolute atomic E-state index is 11.5. The lowest BCUT2D eigenvalue weighted by atomic mass is 9.97. The van der Waals surface area contributed by atoms with Crippen molar-refractivity contribution >= 4 is 5.97 Å². The molecule has 1 rings (SSSR count). The molecular formula is C14H28N2O2. The number of likely N-dealkylation sites (N-methyl/N-ethyl adjacent to an activating group) is 1. The fourth-order valence-corrected chi connectivity index (χ4v) is 3.19. The van der Waals surface area contributed by atoms with E-state index in [2.05, 4.69) is 31.0 Å². The summed E-state index contributed by atoms with van der Waals surface area (Å²) in [5.74, 6) is -0.688. The third kappa shape index (κ3) is 3.23. The first kappa shape index (κ1) is 15.4. The van der Waals surface area contributed by atoms with Crippen LogP contribution in [-0.2, 0) is 4.79 Å². The van der Waals surface area contributed by atoms with E-state index >= 15 is 0 Å². The summed E-state index contributed by atoms with van der Waals surface area (Å²) in [6, 6.07) is 0.890. The maximum Gasteiger partial charge on any atom is 0.323 e. The van der Waals surface area contributed by atoms with Gasteiger partial charge in [-0.15, -0.1) is 0 Å². The lowest BCUT2D eigenvalue weighted by Gasteiger charge is -2.33. The summed E-state index contributed by atoms with van der Waals surface area (Å²) in [7, 11) is 0. The molecule has 1 saturated carbocycles. The van der Waals surface area contributed by atoms with E-state index in [1.807, 2.05) is 6.92 Å². The van der Waals surface area contributed by atoms with Crippen molar-refractivity contribution in [1.29, 1.82) is 0 Å². The Kier molecular flexibility index (Phi) is 5.60. The number of hydrogen-bond donors (Lipinski definition) is 2. The molecule has 4 heteroatoms. The van der Waals surface area contributed by atoms with Gasteiger partial charge in [-0.1, -0.05) is 13.8 Å². The van der Waals surface area contributed by atoms with Gasteiger partial charge in [-0.3, -0.25) is 9.69 Å². The van der Waals surface area contributed by atoms with Crippen LogP contribution in [0.4, 0.5) is 0 Å². The highest BCUT2D eigenvalue weighted by Gasteiger charge is 2.46. The van der Waals surface area contributed by atoms with Crippen LogP contribution < -0.4 is 5.32 Å². The summed E-state index contributed by atoms with van der Waals surface area (Å²) in [6.45, 7) is 10.3. The largest absolute Gasteiger partial charge is 0.480 e. The Balaban J connectivity index is 2.75. The summed E-state index contributed by atoms with van der Waals surface area (Å²) in [5.41, 5.74) is -0.694. The van der Waals surface area contributed by atoms with Gasteiger partial charge in [0, 0.05) is 12.1 Å². The monoisotopic (exact) mass is 256 g/mol. The van der Waals surface area contributed by atoms with Crippen molar-refractivity contribution < 1.29 is 9.90 Å². The van der Waals surface area contributed by atoms with E-state index in [-0.39, 0.29) is 0 Å². The Morgan fingerprint density at radius 2 is 2.17 bits per heavy atom. The molecule has 0 saturated heterocycles. The van der Waals surface area contributed by atoms with Gasteiger partial charge in [-0.2, -0.15) is 0 Å². The van der Waals surface area contributed by atoms with E-state index in [0.717, 1.165) is 32.2 Å². The molecule has 1 fully saturated rings. The normalized spacial score (nSPS) is 28.2. The molecule has 1 aliphatic rings. The lowest BCUT2D eigenvalue weighted by Crippen LogP contribution is -2.51. The summed E-state index contributed by atoms with van der Waals surface area (Å²) < 4.78 is 0. The van der Waals surface area contributed by atoms with Crippen LogP contribution in [-0.4, -0.2) is 46.7 Å². The van der Waals surface area contributed by atoms with E-state index in [9.17, 15) is 9.90 Å². The van der Waals surface area contributed by atoms with Crippen LogP contribution in [0.3, 0.4) is 0 Å². The predicted octanol–water partition coefficient (Wildman–Crippen LogP) is 2.09. The van der Waals surface area contributed by atoms with Gasteiger partial charge in [0.05, 0.1) is 0 Å². The number of carboxylic acids is 1. The van der Waals surface area contributed by atoms with Gasteiger partial charge >= 0.3 is 5.97 Å². The molecule has 0 aromatic carbocycles. The fraction of sp³-hybridized carbons (Fsp3) is 0.929. The van der Waals surface area contributed by atoms with Crippen molar-refractivity contribution in [3.8, 4) is 0 Å². The van der Waals surface area contributed by atoms with Crippen molar-refractivity contribution in [2.75, 3.05) is 13.1 Å². The molecule has 0 heterocycles. The first-order valence-corrected chi connectivity index (χ1v) is 7.21. The van der Waals surface area contributed by atoms with Gasteiger partial charge < -0.3 is 10.4 Å². The Morgan fingerprint density at radius 1 is 1.50 bits per heavy atom. The zero-order valence-corrected chi connectivity index (χ0v) is 12.2. The molecule has 0 aliphatic heterocycles. The second kappa shape index (κ2) is 6.53. The van der Waals surface area contributed by atoms with Crippen molar-refractivity contribution in [3.05, 3.63) is 0 Å². The average Bonchev–Trinajstić information content (AvgIpc) is 2.71. The first-order valence-electron chi connectivity index (χ1n) is 7.21. The molecule has 2 unspecified atom stereocenters. The number of nitrogens with one attached hydrogen (secondary N) is 1. The van der Waals surface area contributed by atoms with Crippen LogP contribution in [0.1, 0.15) is 53.4 Å². The van der Waals surface area contributed by atoms with Gasteiger partial charge in [-0.05, 0) is 52.6 Å². The van der Waals surface area contributed by atoms with Crippen molar-refractivity contribution in [3.63, 3.8) is 0 Å². The summed E-state index contributed by atoms with van der Waals surface area (Å²) in [4.78, 5) is 14.0. The molecule has 0 radical (unpaired) electrons. The maximum atomic E-state index is 11.5. The van der Waals surface area contributed by atoms with Crippen LogP contribution >= 0.6 is 0 Å². The SMILES string of the molecule is CCCN(C(C)C)C1CCC(NCC)(C(=O)O)C1. The standard InChI is InChI=1S/C14H28N2O2/c1-5-9-16(11(3)4)12-7-8-14(10-12,13(17)18)15-6-2/h11-12,15H,5-10H2,1-4H3,(H,17,18). The molecular weight excluding hydrogens is 228 g/mol. The van der Waals surface area contributed by atoms with Crippen LogP contribution in [0, 0.1) is 0 Å². The minimum Gasteiger partial charge on any atom is -0.480 e. The molecule has 0 spiro atoms.